The second-order valence-corrected chi connectivity index (χ2v) is 9.89. The average molecular weight is 485 g/mol. The number of aliphatic imine (C=N–C) groups is 1. The minimum atomic E-state index is 0.297. The van der Waals surface area contributed by atoms with Crippen molar-refractivity contribution in [2.45, 2.75) is 38.0 Å². The van der Waals surface area contributed by atoms with Crippen LogP contribution in [-0.2, 0) is 13.1 Å². The first kappa shape index (κ1) is 21.9. The Morgan fingerprint density at radius 2 is 1.62 bits per heavy atom. The summed E-state index contributed by atoms with van der Waals surface area (Å²) >= 11 is 0. The van der Waals surface area contributed by atoms with Gasteiger partial charge in [-0.2, -0.15) is 0 Å². The van der Waals surface area contributed by atoms with E-state index >= 15 is 0 Å². The van der Waals surface area contributed by atoms with Crippen LogP contribution in [-0.4, -0.2) is 43.1 Å². The van der Waals surface area contributed by atoms with Crippen LogP contribution in [0.4, 0.5) is 0 Å². The molecule has 6 heteroatoms. The number of hydrogen-bond acceptors (Lipinski definition) is 4. The molecule has 0 saturated carbocycles. The smallest absolute Gasteiger partial charge is 0.138 e. The summed E-state index contributed by atoms with van der Waals surface area (Å²) in [6.45, 7) is 1.56. The van der Waals surface area contributed by atoms with Crippen LogP contribution in [0.25, 0.3) is 33.5 Å². The number of aromatic nitrogens is 4. The van der Waals surface area contributed by atoms with E-state index in [1.54, 1.807) is 0 Å². The Kier molecular flexibility index (Phi) is 5.52. The van der Waals surface area contributed by atoms with Gasteiger partial charge in [0.25, 0.3) is 0 Å². The third-order valence-electron chi connectivity index (χ3n) is 7.38. The third-order valence-corrected chi connectivity index (χ3v) is 7.38. The lowest BCUT2D eigenvalue weighted by atomic mass is 9.89. The zero-order chi connectivity index (χ0) is 24.6. The molecule has 1 aliphatic heterocycles. The van der Waals surface area contributed by atoms with Gasteiger partial charge in [-0.1, -0.05) is 54.6 Å². The fraction of sp³-hybridized carbons (Fsp3) is 0.194. The van der Waals surface area contributed by atoms with Crippen LogP contribution in [0.15, 0.2) is 102 Å². The number of allylic oxidation sites excluding steroid dienone is 1. The number of nitrogens with zero attached hydrogens (tertiary/aromatic N) is 4. The maximum absolute atomic E-state index is 4.89. The fourth-order valence-corrected chi connectivity index (χ4v) is 5.54. The van der Waals surface area contributed by atoms with E-state index < -0.39 is 0 Å². The van der Waals surface area contributed by atoms with E-state index in [0.29, 0.717) is 12.1 Å². The van der Waals surface area contributed by atoms with E-state index in [9.17, 15) is 0 Å². The molecule has 2 unspecified atom stereocenters. The molecule has 0 fully saturated rings. The van der Waals surface area contributed by atoms with Crippen molar-refractivity contribution in [2.24, 2.45) is 4.99 Å². The monoisotopic (exact) mass is 484 g/mol. The molecule has 0 bridgehead atoms. The molecule has 7 rings (SSSR count). The summed E-state index contributed by atoms with van der Waals surface area (Å²) in [5.41, 5.74) is 7.81. The molecule has 0 radical (unpaired) electrons. The van der Waals surface area contributed by atoms with Crippen LogP contribution >= 0.6 is 0 Å². The molecular formula is C31H28N6. The summed E-state index contributed by atoms with van der Waals surface area (Å²) in [5.74, 6) is 1.90. The van der Waals surface area contributed by atoms with E-state index in [0.717, 1.165) is 65.2 Å². The van der Waals surface area contributed by atoms with Crippen molar-refractivity contribution in [3.63, 3.8) is 0 Å². The number of H-pyrrole nitrogens is 2. The van der Waals surface area contributed by atoms with E-state index in [1.807, 2.05) is 42.6 Å². The number of rotatable bonds is 6. The van der Waals surface area contributed by atoms with Gasteiger partial charge in [-0.15, -0.1) is 0 Å². The zero-order valence-electron chi connectivity index (χ0n) is 20.5. The molecule has 2 atom stereocenters. The molecule has 1 aliphatic carbocycles. The number of hydrogen-bond donors (Lipinski definition) is 2. The molecular weight excluding hydrogens is 456 g/mol. The SMILES string of the molecule is C1=CC2=CC(N(Cc3cccc(-c4nc5ccccc5[nH]4)c3)Cc3nc4ccccc4[nH]3)CCC2N=C1. The first-order valence-electron chi connectivity index (χ1n) is 12.9. The summed E-state index contributed by atoms with van der Waals surface area (Å²) in [5, 5.41) is 0. The van der Waals surface area contributed by atoms with Gasteiger partial charge in [-0.05, 0) is 60.4 Å². The number of para-hydroxylation sites is 4. The Bertz CT molecular complexity index is 1600. The zero-order valence-corrected chi connectivity index (χ0v) is 20.5. The lowest BCUT2D eigenvalue weighted by Gasteiger charge is -2.34. The average Bonchev–Trinajstić information content (AvgIpc) is 3.56. The molecule has 2 aliphatic rings. The molecule has 2 N–H and O–H groups in total. The minimum absolute atomic E-state index is 0.297. The Morgan fingerprint density at radius 3 is 2.46 bits per heavy atom. The molecule has 0 spiro atoms. The Morgan fingerprint density at radius 1 is 0.811 bits per heavy atom. The predicted molar refractivity (Wildman–Crippen MR) is 149 cm³/mol. The lowest BCUT2D eigenvalue weighted by Crippen LogP contribution is -2.37. The Balaban J connectivity index is 1.21. The quantitative estimate of drug-likeness (QED) is 0.301. The normalized spacial score (nSPS) is 19.0. The number of fused-ring (bicyclic) bond motifs is 3. The Labute approximate surface area is 215 Å². The van der Waals surface area contributed by atoms with Gasteiger partial charge in [0, 0.05) is 24.4 Å². The lowest BCUT2D eigenvalue weighted by molar-refractivity contribution is 0.188. The second kappa shape index (κ2) is 9.30. The highest BCUT2D eigenvalue weighted by atomic mass is 15.2. The number of nitrogens with one attached hydrogen (secondary N) is 2. The van der Waals surface area contributed by atoms with Gasteiger partial charge >= 0.3 is 0 Å². The molecule has 2 aromatic heterocycles. The van der Waals surface area contributed by atoms with Gasteiger partial charge in [0.05, 0.1) is 34.7 Å². The van der Waals surface area contributed by atoms with Crippen molar-refractivity contribution in [3.05, 3.63) is 108 Å². The first-order valence-corrected chi connectivity index (χ1v) is 12.9. The topological polar surface area (TPSA) is 73.0 Å². The molecule has 5 aromatic rings. The largest absolute Gasteiger partial charge is 0.341 e. The summed E-state index contributed by atoms with van der Waals surface area (Å²) in [6.07, 6.45) is 10.7. The highest BCUT2D eigenvalue weighted by Gasteiger charge is 2.27. The van der Waals surface area contributed by atoms with Crippen molar-refractivity contribution in [3.8, 4) is 11.4 Å². The molecule has 6 nitrogen and oxygen atoms in total. The predicted octanol–water partition coefficient (Wildman–Crippen LogP) is 6.21. The van der Waals surface area contributed by atoms with Crippen molar-refractivity contribution in [2.75, 3.05) is 0 Å². The minimum Gasteiger partial charge on any atom is -0.341 e. The van der Waals surface area contributed by atoms with Gasteiger partial charge in [-0.25, -0.2) is 9.97 Å². The highest BCUT2D eigenvalue weighted by molar-refractivity contribution is 5.79. The van der Waals surface area contributed by atoms with Crippen LogP contribution in [0.5, 0.6) is 0 Å². The second-order valence-electron chi connectivity index (χ2n) is 9.89. The fourth-order valence-electron chi connectivity index (χ4n) is 5.54. The van der Waals surface area contributed by atoms with Crippen molar-refractivity contribution < 1.29 is 0 Å². The van der Waals surface area contributed by atoms with Gasteiger partial charge in [-0.3, -0.25) is 9.89 Å². The molecule has 0 saturated heterocycles. The van der Waals surface area contributed by atoms with Crippen molar-refractivity contribution >= 4 is 28.3 Å². The first-order chi connectivity index (χ1) is 18.3. The number of dihydropyridines is 1. The number of imidazole rings is 2. The summed E-state index contributed by atoms with van der Waals surface area (Å²) in [7, 11) is 0. The van der Waals surface area contributed by atoms with Crippen LogP contribution in [0.1, 0.15) is 24.2 Å². The van der Waals surface area contributed by atoms with Crippen LogP contribution in [0, 0.1) is 0 Å². The van der Waals surface area contributed by atoms with Crippen molar-refractivity contribution in [1.82, 2.24) is 24.8 Å². The molecule has 3 heterocycles. The van der Waals surface area contributed by atoms with Gasteiger partial charge in [0.15, 0.2) is 0 Å². The van der Waals surface area contributed by atoms with E-state index in [4.69, 9.17) is 9.97 Å². The van der Waals surface area contributed by atoms with Crippen molar-refractivity contribution in [1.29, 1.82) is 0 Å². The van der Waals surface area contributed by atoms with Crippen LogP contribution in [0.2, 0.25) is 0 Å². The van der Waals surface area contributed by atoms with Gasteiger partial charge in [0.1, 0.15) is 11.6 Å². The summed E-state index contributed by atoms with van der Waals surface area (Å²) in [6, 6.07) is 25.7. The maximum Gasteiger partial charge on any atom is 0.138 e. The van der Waals surface area contributed by atoms with E-state index in [2.05, 4.69) is 74.5 Å². The number of benzene rings is 3. The molecule has 182 valence electrons. The van der Waals surface area contributed by atoms with E-state index in [1.165, 1.54) is 11.1 Å². The van der Waals surface area contributed by atoms with Gasteiger partial charge in [0.2, 0.25) is 0 Å². The number of aromatic amines is 2. The molecule has 3 aromatic carbocycles. The van der Waals surface area contributed by atoms with E-state index in [-0.39, 0.29) is 0 Å². The summed E-state index contributed by atoms with van der Waals surface area (Å²) < 4.78 is 0. The standard InChI is InChI=1S/C31H28N6/c1-2-11-27-26(10-1)33-30(34-27)20-37(24-14-15-25-22(18-24)9-6-16-32-25)19-21-7-5-8-23(17-21)31-35-28-12-3-4-13-29(28)36-31/h1-13,16-18,24-25H,14-15,19-20H2,(H,33,34)(H,35,36). The highest BCUT2D eigenvalue weighted by Crippen LogP contribution is 2.30. The summed E-state index contributed by atoms with van der Waals surface area (Å²) in [4.78, 5) is 23.9. The third kappa shape index (κ3) is 4.41. The van der Waals surface area contributed by atoms with Gasteiger partial charge < -0.3 is 9.97 Å². The van der Waals surface area contributed by atoms with Crippen LogP contribution in [0.3, 0.4) is 0 Å². The molecule has 37 heavy (non-hydrogen) atoms. The Hall–Kier alpha value is -4.29. The van der Waals surface area contributed by atoms with Crippen LogP contribution < -0.4 is 0 Å². The maximum atomic E-state index is 4.89. The molecule has 0 amide bonds.